The SMILES string of the molecule is C=c1cnc(=C)n1-c1ccc(Cl)cc1. The molecule has 0 spiro atoms. The summed E-state index contributed by atoms with van der Waals surface area (Å²) in [6.45, 7) is 7.69. The van der Waals surface area contributed by atoms with Crippen LogP contribution in [0.4, 0.5) is 0 Å². The second-order valence-corrected chi connectivity index (χ2v) is 3.41. The first-order valence-electron chi connectivity index (χ1n) is 4.16. The number of halogens is 1. The number of benzene rings is 1. The molecule has 1 heterocycles. The van der Waals surface area contributed by atoms with Crippen LogP contribution in [0.5, 0.6) is 0 Å². The maximum Gasteiger partial charge on any atom is 0.130 e. The minimum Gasteiger partial charge on any atom is -0.295 e. The normalized spacial score (nSPS) is 10.4. The summed E-state index contributed by atoms with van der Waals surface area (Å²) in [4.78, 5) is 4.07. The molecule has 70 valence electrons. The van der Waals surface area contributed by atoms with Crippen LogP contribution in [0.25, 0.3) is 18.8 Å². The van der Waals surface area contributed by atoms with E-state index in [2.05, 4.69) is 18.1 Å². The van der Waals surface area contributed by atoms with Gasteiger partial charge < -0.3 is 0 Å². The van der Waals surface area contributed by atoms with E-state index in [-0.39, 0.29) is 0 Å². The predicted octanol–water partition coefficient (Wildman–Crippen LogP) is 1.35. The van der Waals surface area contributed by atoms with Crippen LogP contribution in [0, 0.1) is 0 Å². The van der Waals surface area contributed by atoms with Gasteiger partial charge in [-0.1, -0.05) is 24.8 Å². The number of aromatic nitrogens is 2. The van der Waals surface area contributed by atoms with Gasteiger partial charge in [0.05, 0.1) is 11.5 Å². The maximum atomic E-state index is 5.80. The third kappa shape index (κ3) is 1.44. The molecule has 0 unspecified atom stereocenters. The monoisotopic (exact) mass is 204 g/mol. The Labute approximate surface area is 86.8 Å². The van der Waals surface area contributed by atoms with E-state index in [9.17, 15) is 0 Å². The van der Waals surface area contributed by atoms with Crippen molar-refractivity contribution in [3.8, 4) is 5.69 Å². The lowest BCUT2D eigenvalue weighted by Crippen LogP contribution is -2.23. The van der Waals surface area contributed by atoms with Crippen molar-refractivity contribution in [1.82, 2.24) is 9.55 Å². The highest BCUT2D eigenvalue weighted by atomic mass is 35.5. The lowest BCUT2D eigenvalue weighted by Gasteiger charge is -2.02. The summed E-state index contributed by atoms with van der Waals surface area (Å²) in [6, 6.07) is 7.48. The molecule has 0 fully saturated rings. The van der Waals surface area contributed by atoms with Crippen LogP contribution in [0.1, 0.15) is 0 Å². The van der Waals surface area contributed by atoms with Crippen LogP contribution in [0.3, 0.4) is 0 Å². The number of imidazole rings is 1. The predicted molar refractivity (Wildman–Crippen MR) is 58.9 cm³/mol. The Bertz CT molecular complexity index is 512. The molecule has 2 aromatic rings. The molecular formula is C11H9ClN2. The van der Waals surface area contributed by atoms with Crippen molar-refractivity contribution < 1.29 is 0 Å². The van der Waals surface area contributed by atoms with Crippen LogP contribution < -0.4 is 10.8 Å². The van der Waals surface area contributed by atoms with Gasteiger partial charge in [0.15, 0.2) is 0 Å². The zero-order valence-electron chi connectivity index (χ0n) is 7.57. The van der Waals surface area contributed by atoms with Crippen LogP contribution in [-0.2, 0) is 0 Å². The Morgan fingerprint density at radius 3 is 2.29 bits per heavy atom. The van der Waals surface area contributed by atoms with Crippen LogP contribution >= 0.6 is 11.6 Å². The van der Waals surface area contributed by atoms with Crippen LogP contribution in [0.15, 0.2) is 30.5 Å². The molecule has 0 aliphatic carbocycles. The zero-order valence-corrected chi connectivity index (χ0v) is 8.33. The van der Waals surface area contributed by atoms with Crippen molar-refractivity contribution in [3.05, 3.63) is 46.3 Å². The van der Waals surface area contributed by atoms with E-state index < -0.39 is 0 Å². The van der Waals surface area contributed by atoms with E-state index in [1.54, 1.807) is 6.20 Å². The third-order valence-corrected chi connectivity index (χ3v) is 2.24. The average molecular weight is 205 g/mol. The van der Waals surface area contributed by atoms with Gasteiger partial charge in [0, 0.05) is 10.7 Å². The van der Waals surface area contributed by atoms with Gasteiger partial charge in [0.2, 0.25) is 0 Å². The van der Waals surface area contributed by atoms with Crippen molar-refractivity contribution in [1.29, 1.82) is 0 Å². The Morgan fingerprint density at radius 2 is 1.79 bits per heavy atom. The first-order chi connectivity index (χ1) is 6.68. The van der Waals surface area contributed by atoms with E-state index >= 15 is 0 Å². The second-order valence-electron chi connectivity index (χ2n) is 2.98. The van der Waals surface area contributed by atoms with Gasteiger partial charge in [-0.2, -0.15) is 0 Å². The van der Waals surface area contributed by atoms with Crippen molar-refractivity contribution in [3.63, 3.8) is 0 Å². The Morgan fingerprint density at radius 1 is 1.14 bits per heavy atom. The lowest BCUT2D eigenvalue weighted by atomic mass is 10.3. The summed E-state index contributed by atoms with van der Waals surface area (Å²) < 4.78 is 1.87. The fourth-order valence-corrected chi connectivity index (χ4v) is 1.46. The molecule has 0 bridgehead atoms. The minimum atomic E-state index is 0.678. The highest BCUT2D eigenvalue weighted by Crippen LogP contribution is 2.10. The first kappa shape index (κ1) is 9.03. The molecule has 0 aliphatic heterocycles. The van der Waals surface area contributed by atoms with E-state index in [1.807, 2.05) is 28.8 Å². The van der Waals surface area contributed by atoms with Crippen molar-refractivity contribution in [2.45, 2.75) is 0 Å². The molecule has 2 nitrogen and oxygen atoms in total. The van der Waals surface area contributed by atoms with Crippen molar-refractivity contribution >= 4 is 24.8 Å². The van der Waals surface area contributed by atoms with Gasteiger partial charge in [0.1, 0.15) is 5.48 Å². The molecule has 0 amide bonds. The highest BCUT2D eigenvalue weighted by molar-refractivity contribution is 6.30. The molecule has 0 saturated carbocycles. The fourth-order valence-electron chi connectivity index (χ4n) is 1.34. The molecule has 0 saturated heterocycles. The Hall–Kier alpha value is -1.54. The summed E-state index contributed by atoms with van der Waals surface area (Å²) >= 11 is 5.80. The smallest absolute Gasteiger partial charge is 0.130 e. The van der Waals surface area contributed by atoms with Gasteiger partial charge in [0.25, 0.3) is 0 Å². The van der Waals surface area contributed by atoms with Gasteiger partial charge in [-0.25, -0.2) is 4.98 Å². The van der Waals surface area contributed by atoms with Crippen LogP contribution in [0.2, 0.25) is 5.02 Å². The quantitative estimate of drug-likeness (QED) is 0.686. The number of rotatable bonds is 1. The molecule has 0 atom stereocenters. The number of hydrogen-bond acceptors (Lipinski definition) is 1. The Balaban J connectivity index is 2.66. The molecule has 1 aromatic carbocycles. The summed E-state index contributed by atoms with van der Waals surface area (Å²) in [5, 5.41) is 1.53. The maximum absolute atomic E-state index is 5.80. The molecule has 3 heteroatoms. The zero-order chi connectivity index (χ0) is 10.1. The molecule has 0 radical (unpaired) electrons. The summed E-state index contributed by atoms with van der Waals surface area (Å²) in [5.74, 6) is 0. The minimum absolute atomic E-state index is 0.678. The van der Waals surface area contributed by atoms with E-state index in [1.165, 1.54) is 0 Å². The summed E-state index contributed by atoms with van der Waals surface area (Å²) in [6.07, 6.45) is 1.69. The average Bonchev–Trinajstić information content (AvgIpc) is 2.49. The number of nitrogens with zero attached hydrogens (tertiary/aromatic N) is 2. The van der Waals surface area contributed by atoms with Gasteiger partial charge in [-0.3, -0.25) is 4.57 Å². The topological polar surface area (TPSA) is 17.8 Å². The third-order valence-electron chi connectivity index (χ3n) is 1.99. The van der Waals surface area contributed by atoms with E-state index in [0.717, 1.165) is 11.0 Å². The molecular weight excluding hydrogens is 196 g/mol. The van der Waals surface area contributed by atoms with Gasteiger partial charge >= 0.3 is 0 Å². The second kappa shape index (κ2) is 3.31. The molecule has 14 heavy (non-hydrogen) atoms. The Kier molecular flexibility index (Phi) is 2.14. The van der Waals surface area contributed by atoms with Gasteiger partial charge in [-0.05, 0) is 24.3 Å². The van der Waals surface area contributed by atoms with E-state index in [4.69, 9.17) is 11.6 Å². The largest absolute Gasteiger partial charge is 0.295 e. The first-order valence-corrected chi connectivity index (χ1v) is 4.54. The van der Waals surface area contributed by atoms with E-state index in [0.29, 0.717) is 10.5 Å². The summed E-state index contributed by atoms with van der Waals surface area (Å²) in [5.41, 5.74) is 1.65. The molecule has 0 aliphatic rings. The fraction of sp³-hybridized carbons (Fsp3) is 0. The molecule has 0 N–H and O–H groups in total. The molecule has 2 rings (SSSR count). The lowest BCUT2D eigenvalue weighted by molar-refractivity contribution is 0.975. The van der Waals surface area contributed by atoms with Crippen LogP contribution in [-0.4, -0.2) is 9.55 Å². The van der Waals surface area contributed by atoms with Crippen molar-refractivity contribution in [2.24, 2.45) is 0 Å². The number of hydrogen-bond donors (Lipinski definition) is 0. The standard InChI is InChI=1S/C11H9ClN2/c1-8-7-13-9(2)14(8)11-5-3-10(12)4-6-11/h3-7H,1-2H2. The molecule has 1 aromatic heterocycles. The van der Waals surface area contributed by atoms with Crippen molar-refractivity contribution in [2.75, 3.05) is 0 Å². The highest BCUT2D eigenvalue weighted by Gasteiger charge is 1.98. The summed E-state index contributed by atoms with van der Waals surface area (Å²) in [7, 11) is 0. The van der Waals surface area contributed by atoms with Gasteiger partial charge in [-0.15, -0.1) is 0 Å².